The number of nitrogens with zero attached hydrogens (tertiary/aromatic N) is 5. The standard InChI is InChI=1S/C17H16Cl2N6/c1-25(10-7-12-5-8-20-9-6-12)17-23-15(11-21-24-17)22-16-13(18)3-2-4-14(16)19/h2-6,8-9,11H,7,10H2,1H3,(H,22,23,24). The van der Waals surface area contributed by atoms with Gasteiger partial charge in [0.2, 0.25) is 5.95 Å². The number of hydrogen-bond acceptors (Lipinski definition) is 6. The molecular weight excluding hydrogens is 359 g/mol. The molecular formula is C17H16Cl2N6. The van der Waals surface area contributed by atoms with Gasteiger partial charge >= 0.3 is 0 Å². The van der Waals surface area contributed by atoms with Crippen LogP contribution in [0, 0.1) is 0 Å². The molecule has 1 aromatic carbocycles. The van der Waals surface area contributed by atoms with Crippen molar-refractivity contribution in [2.24, 2.45) is 0 Å². The van der Waals surface area contributed by atoms with Gasteiger partial charge in [-0.05, 0) is 36.2 Å². The summed E-state index contributed by atoms with van der Waals surface area (Å²) >= 11 is 12.3. The van der Waals surface area contributed by atoms with Gasteiger partial charge in [-0.25, -0.2) is 0 Å². The Balaban J connectivity index is 1.70. The summed E-state index contributed by atoms with van der Waals surface area (Å²) in [4.78, 5) is 10.4. The molecule has 0 aliphatic rings. The van der Waals surface area contributed by atoms with E-state index in [1.54, 1.807) is 30.6 Å². The molecule has 0 radical (unpaired) electrons. The minimum atomic E-state index is 0.513. The maximum atomic E-state index is 6.17. The first-order valence-corrected chi connectivity index (χ1v) is 8.40. The zero-order chi connectivity index (χ0) is 17.6. The third-order valence-electron chi connectivity index (χ3n) is 3.59. The number of pyridine rings is 1. The molecule has 3 aromatic rings. The molecule has 0 aliphatic carbocycles. The van der Waals surface area contributed by atoms with E-state index in [2.05, 4.69) is 25.5 Å². The van der Waals surface area contributed by atoms with Crippen LogP contribution in [0.1, 0.15) is 5.56 Å². The second-order valence-corrected chi connectivity index (χ2v) is 6.20. The molecule has 0 spiro atoms. The molecule has 0 bridgehead atoms. The predicted molar refractivity (Wildman–Crippen MR) is 101 cm³/mol. The highest BCUT2D eigenvalue weighted by atomic mass is 35.5. The molecule has 0 saturated heterocycles. The lowest BCUT2D eigenvalue weighted by Crippen LogP contribution is -2.23. The smallest absolute Gasteiger partial charge is 0.247 e. The second-order valence-electron chi connectivity index (χ2n) is 5.39. The van der Waals surface area contributed by atoms with Crippen LogP contribution in [0.2, 0.25) is 10.0 Å². The number of para-hydroxylation sites is 1. The lowest BCUT2D eigenvalue weighted by molar-refractivity contribution is 0.812. The van der Waals surface area contributed by atoms with E-state index in [1.165, 1.54) is 11.8 Å². The minimum absolute atomic E-state index is 0.513. The molecule has 0 atom stereocenters. The van der Waals surface area contributed by atoms with E-state index in [-0.39, 0.29) is 0 Å². The number of benzene rings is 1. The van der Waals surface area contributed by atoms with E-state index in [0.717, 1.165) is 13.0 Å². The van der Waals surface area contributed by atoms with Crippen LogP contribution in [0.3, 0.4) is 0 Å². The quantitative estimate of drug-likeness (QED) is 0.703. The topological polar surface area (TPSA) is 66.8 Å². The normalized spacial score (nSPS) is 10.5. The molecule has 8 heteroatoms. The fourth-order valence-corrected chi connectivity index (χ4v) is 2.70. The number of hydrogen-bond donors (Lipinski definition) is 1. The first-order chi connectivity index (χ1) is 12.1. The van der Waals surface area contributed by atoms with Gasteiger partial charge in [-0.15, -0.1) is 5.10 Å². The molecule has 0 fully saturated rings. The number of nitrogens with one attached hydrogen (secondary N) is 1. The molecule has 25 heavy (non-hydrogen) atoms. The van der Waals surface area contributed by atoms with E-state index < -0.39 is 0 Å². The minimum Gasteiger partial charge on any atom is -0.342 e. The van der Waals surface area contributed by atoms with E-state index in [4.69, 9.17) is 23.2 Å². The Morgan fingerprint density at radius 2 is 1.80 bits per heavy atom. The lowest BCUT2D eigenvalue weighted by atomic mass is 10.2. The highest BCUT2D eigenvalue weighted by molar-refractivity contribution is 6.39. The molecule has 0 saturated carbocycles. The number of aromatic nitrogens is 4. The second kappa shape index (κ2) is 8.09. The molecule has 0 aliphatic heterocycles. The zero-order valence-electron chi connectivity index (χ0n) is 13.5. The van der Waals surface area contributed by atoms with Crippen LogP contribution in [0.5, 0.6) is 0 Å². The lowest BCUT2D eigenvalue weighted by Gasteiger charge is -2.17. The average molecular weight is 375 g/mol. The van der Waals surface area contributed by atoms with E-state index in [0.29, 0.717) is 27.5 Å². The highest BCUT2D eigenvalue weighted by Crippen LogP contribution is 2.31. The molecule has 2 aromatic heterocycles. The van der Waals surface area contributed by atoms with Gasteiger partial charge in [0.25, 0.3) is 0 Å². The van der Waals surface area contributed by atoms with Crippen molar-refractivity contribution in [3.05, 3.63) is 64.5 Å². The van der Waals surface area contributed by atoms with Crippen LogP contribution in [-0.2, 0) is 6.42 Å². The maximum absolute atomic E-state index is 6.17. The average Bonchev–Trinajstić information content (AvgIpc) is 2.64. The van der Waals surface area contributed by atoms with Gasteiger partial charge in [0, 0.05) is 26.0 Å². The summed E-state index contributed by atoms with van der Waals surface area (Å²) in [5, 5.41) is 12.2. The summed E-state index contributed by atoms with van der Waals surface area (Å²) in [5.74, 6) is 1.04. The Morgan fingerprint density at radius 1 is 1.08 bits per heavy atom. The van der Waals surface area contributed by atoms with Gasteiger partial charge in [-0.3, -0.25) is 4.98 Å². The molecule has 1 N–H and O–H groups in total. The largest absolute Gasteiger partial charge is 0.342 e. The summed E-state index contributed by atoms with van der Waals surface area (Å²) in [7, 11) is 1.92. The van der Waals surface area contributed by atoms with Crippen molar-refractivity contribution in [2.45, 2.75) is 6.42 Å². The molecule has 0 unspecified atom stereocenters. The highest BCUT2D eigenvalue weighted by Gasteiger charge is 2.10. The van der Waals surface area contributed by atoms with Crippen LogP contribution in [0.25, 0.3) is 0 Å². The molecule has 6 nitrogen and oxygen atoms in total. The van der Waals surface area contributed by atoms with Crippen molar-refractivity contribution in [3.63, 3.8) is 0 Å². The Hall–Kier alpha value is -2.44. The molecule has 2 heterocycles. The summed E-state index contributed by atoms with van der Waals surface area (Å²) in [6, 6.07) is 9.28. The van der Waals surface area contributed by atoms with Gasteiger partial charge < -0.3 is 10.2 Å². The van der Waals surface area contributed by atoms with Gasteiger partial charge in [0.1, 0.15) is 0 Å². The van der Waals surface area contributed by atoms with Crippen LogP contribution in [0.4, 0.5) is 17.5 Å². The van der Waals surface area contributed by atoms with E-state index >= 15 is 0 Å². The third-order valence-corrected chi connectivity index (χ3v) is 4.22. The van der Waals surface area contributed by atoms with Crippen molar-refractivity contribution >= 4 is 40.7 Å². The number of anilines is 3. The van der Waals surface area contributed by atoms with Gasteiger partial charge in [-0.2, -0.15) is 10.1 Å². The molecule has 128 valence electrons. The summed E-state index contributed by atoms with van der Waals surface area (Å²) in [6.45, 7) is 0.752. The number of halogens is 2. The predicted octanol–water partition coefficient (Wildman–Crippen LogP) is 4.00. The van der Waals surface area contributed by atoms with Crippen molar-refractivity contribution in [1.82, 2.24) is 20.2 Å². The first-order valence-electron chi connectivity index (χ1n) is 7.64. The summed E-state index contributed by atoms with van der Waals surface area (Å²) < 4.78 is 0. The summed E-state index contributed by atoms with van der Waals surface area (Å²) in [6.07, 6.45) is 5.95. The molecule has 0 amide bonds. The van der Waals surface area contributed by atoms with Crippen LogP contribution < -0.4 is 10.2 Å². The Bertz CT molecular complexity index is 823. The van der Waals surface area contributed by atoms with E-state index in [1.807, 2.05) is 24.1 Å². The van der Waals surface area contributed by atoms with Crippen molar-refractivity contribution < 1.29 is 0 Å². The SMILES string of the molecule is CN(CCc1ccncc1)c1nncc(Nc2c(Cl)cccc2Cl)n1. The van der Waals surface area contributed by atoms with Crippen molar-refractivity contribution in [1.29, 1.82) is 0 Å². The van der Waals surface area contributed by atoms with Gasteiger partial charge in [0.15, 0.2) is 5.82 Å². The van der Waals surface area contributed by atoms with Crippen LogP contribution in [-0.4, -0.2) is 33.8 Å². The maximum Gasteiger partial charge on any atom is 0.247 e. The first kappa shape index (κ1) is 17.4. The van der Waals surface area contributed by atoms with Gasteiger partial charge in [-0.1, -0.05) is 29.3 Å². The third kappa shape index (κ3) is 4.55. The number of likely N-dealkylation sites (N-methyl/N-ethyl adjacent to an activating group) is 1. The number of rotatable bonds is 6. The Kier molecular flexibility index (Phi) is 5.63. The Labute approximate surface area is 155 Å². The van der Waals surface area contributed by atoms with E-state index in [9.17, 15) is 0 Å². The monoisotopic (exact) mass is 374 g/mol. The van der Waals surface area contributed by atoms with Gasteiger partial charge in [0.05, 0.1) is 21.9 Å². The molecule has 3 rings (SSSR count). The summed E-state index contributed by atoms with van der Waals surface area (Å²) in [5.41, 5.74) is 1.80. The zero-order valence-corrected chi connectivity index (χ0v) is 15.0. The fourth-order valence-electron chi connectivity index (χ4n) is 2.21. The van der Waals surface area contributed by atoms with Crippen molar-refractivity contribution in [3.8, 4) is 0 Å². The van der Waals surface area contributed by atoms with Crippen molar-refractivity contribution in [2.75, 3.05) is 23.8 Å². The fraction of sp³-hybridized carbons (Fsp3) is 0.176. The Morgan fingerprint density at radius 3 is 2.52 bits per heavy atom. The van der Waals surface area contributed by atoms with Crippen LogP contribution >= 0.6 is 23.2 Å². The van der Waals surface area contributed by atoms with Crippen LogP contribution in [0.15, 0.2) is 48.9 Å².